The summed E-state index contributed by atoms with van der Waals surface area (Å²) in [5.74, 6) is -0.754. The maximum Gasteiger partial charge on any atom is 0.266 e. The van der Waals surface area contributed by atoms with Crippen molar-refractivity contribution >= 4 is 57.8 Å². The SMILES string of the molecule is COc1ccc(/C=C2\SC(=S)N(CCCCCC(=O)Nc3ccc(C(=O)[O-])cc3)C2=O)cc1. The predicted octanol–water partition coefficient (Wildman–Crippen LogP) is 3.46. The fourth-order valence-electron chi connectivity index (χ4n) is 3.19. The van der Waals surface area contributed by atoms with Crippen molar-refractivity contribution in [1.82, 2.24) is 4.90 Å². The van der Waals surface area contributed by atoms with Crippen molar-refractivity contribution in [1.29, 1.82) is 0 Å². The second-order valence-electron chi connectivity index (χ2n) is 7.33. The van der Waals surface area contributed by atoms with Gasteiger partial charge in [-0.15, -0.1) is 0 Å². The van der Waals surface area contributed by atoms with E-state index in [0.29, 0.717) is 34.3 Å². The summed E-state index contributed by atoms with van der Waals surface area (Å²) < 4.78 is 5.69. The first-order chi connectivity index (χ1) is 15.9. The molecule has 1 saturated heterocycles. The van der Waals surface area contributed by atoms with Gasteiger partial charge in [-0.05, 0) is 54.3 Å². The number of carbonyl (C=O) groups is 3. The minimum atomic E-state index is -1.26. The Kier molecular flexibility index (Phi) is 8.62. The summed E-state index contributed by atoms with van der Waals surface area (Å²) >= 11 is 6.66. The summed E-state index contributed by atoms with van der Waals surface area (Å²) in [7, 11) is 1.60. The number of thiocarbonyl (C=S) groups is 1. The molecule has 2 amide bonds. The molecule has 9 heteroatoms. The van der Waals surface area contributed by atoms with Gasteiger partial charge in [0.2, 0.25) is 5.91 Å². The van der Waals surface area contributed by atoms with E-state index in [1.54, 1.807) is 12.0 Å². The number of thioether (sulfide) groups is 1. The van der Waals surface area contributed by atoms with Crippen LogP contribution in [-0.4, -0.2) is 40.7 Å². The van der Waals surface area contributed by atoms with E-state index < -0.39 is 5.97 Å². The molecule has 0 radical (unpaired) electrons. The van der Waals surface area contributed by atoms with E-state index in [1.165, 1.54) is 36.0 Å². The highest BCUT2D eigenvalue weighted by Gasteiger charge is 2.31. The number of carboxylic acid groups (broad SMARTS) is 1. The third kappa shape index (κ3) is 6.90. The highest BCUT2D eigenvalue weighted by atomic mass is 32.2. The van der Waals surface area contributed by atoms with Gasteiger partial charge < -0.3 is 20.0 Å². The van der Waals surface area contributed by atoms with Gasteiger partial charge in [0.05, 0.1) is 18.0 Å². The summed E-state index contributed by atoms with van der Waals surface area (Å²) in [6.07, 6.45) is 4.32. The summed E-state index contributed by atoms with van der Waals surface area (Å²) in [4.78, 5) is 37.7. The van der Waals surface area contributed by atoms with E-state index in [1.807, 2.05) is 30.3 Å². The molecule has 2 aromatic rings. The first-order valence-corrected chi connectivity index (χ1v) is 11.6. The Morgan fingerprint density at radius 1 is 1.09 bits per heavy atom. The number of nitrogens with one attached hydrogen (secondary N) is 1. The zero-order valence-corrected chi connectivity index (χ0v) is 19.7. The Morgan fingerprint density at radius 2 is 1.79 bits per heavy atom. The maximum absolute atomic E-state index is 12.7. The molecule has 0 unspecified atom stereocenters. The number of amides is 2. The molecule has 33 heavy (non-hydrogen) atoms. The van der Waals surface area contributed by atoms with Crippen molar-refractivity contribution in [3.63, 3.8) is 0 Å². The first-order valence-electron chi connectivity index (χ1n) is 10.4. The van der Waals surface area contributed by atoms with E-state index in [4.69, 9.17) is 17.0 Å². The molecule has 1 heterocycles. The summed E-state index contributed by atoms with van der Waals surface area (Å²) in [6, 6.07) is 13.3. The Labute approximate surface area is 201 Å². The quantitative estimate of drug-likeness (QED) is 0.314. The van der Waals surface area contributed by atoms with Crippen molar-refractivity contribution < 1.29 is 24.2 Å². The van der Waals surface area contributed by atoms with E-state index in [-0.39, 0.29) is 17.4 Å². The van der Waals surface area contributed by atoms with Gasteiger partial charge in [-0.1, -0.05) is 54.7 Å². The Morgan fingerprint density at radius 3 is 2.42 bits per heavy atom. The van der Waals surface area contributed by atoms with Crippen LogP contribution in [0.3, 0.4) is 0 Å². The largest absolute Gasteiger partial charge is 0.545 e. The molecule has 1 aliphatic heterocycles. The van der Waals surface area contributed by atoms with E-state index >= 15 is 0 Å². The van der Waals surface area contributed by atoms with Crippen LogP contribution >= 0.6 is 24.0 Å². The van der Waals surface area contributed by atoms with Crippen LogP contribution in [0.15, 0.2) is 53.4 Å². The number of carbonyl (C=O) groups excluding carboxylic acids is 3. The Balaban J connectivity index is 1.40. The van der Waals surface area contributed by atoms with Gasteiger partial charge in [0.1, 0.15) is 10.1 Å². The molecule has 3 rings (SSSR count). The zero-order chi connectivity index (χ0) is 23.8. The van der Waals surface area contributed by atoms with Crippen LogP contribution in [0.1, 0.15) is 41.6 Å². The summed E-state index contributed by atoms with van der Waals surface area (Å²) in [5.41, 5.74) is 1.49. The van der Waals surface area contributed by atoms with Crippen LogP contribution in [0.4, 0.5) is 5.69 Å². The monoisotopic (exact) mass is 483 g/mol. The van der Waals surface area contributed by atoms with Gasteiger partial charge in [0.25, 0.3) is 5.91 Å². The molecule has 0 bridgehead atoms. The van der Waals surface area contributed by atoms with Crippen molar-refractivity contribution in [2.24, 2.45) is 0 Å². The van der Waals surface area contributed by atoms with Crippen molar-refractivity contribution in [3.8, 4) is 5.75 Å². The number of anilines is 1. The average molecular weight is 484 g/mol. The van der Waals surface area contributed by atoms with Crippen LogP contribution in [0.5, 0.6) is 5.75 Å². The standard InChI is InChI=1S/C24H24N2O5S2/c1-31-19-12-6-16(7-13-19)15-20-22(28)26(24(32)33-20)14-4-2-3-5-21(27)25-18-10-8-17(9-11-18)23(29)30/h6-13,15H,2-5,14H2,1H3,(H,25,27)(H,29,30)/p-1/b20-15-. The molecule has 1 aliphatic rings. The average Bonchev–Trinajstić information content (AvgIpc) is 3.07. The molecule has 0 aromatic heterocycles. The molecule has 2 aromatic carbocycles. The number of ether oxygens (including phenoxy) is 1. The van der Waals surface area contributed by atoms with E-state index in [9.17, 15) is 19.5 Å². The molecule has 0 spiro atoms. The molecule has 0 atom stereocenters. The lowest BCUT2D eigenvalue weighted by Crippen LogP contribution is -2.29. The van der Waals surface area contributed by atoms with Gasteiger partial charge in [0.15, 0.2) is 0 Å². The molecule has 7 nitrogen and oxygen atoms in total. The highest BCUT2D eigenvalue weighted by molar-refractivity contribution is 8.26. The number of nitrogens with zero attached hydrogens (tertiary/aromatic N) is 1. The lowest BCUT2D eigenvalue weighted by molar-refractivity contribution is -0.255. The number of unbranched alkanes of at least 4 members (excludes halogenated alkanes) is 2. The highest BCUT2D eigenvalue weighted by Crippen LogP contribution is 2.33. The second-order valence-corrected chi connectivity index (χ2v) is 9.01. The van der Waals surface area contributed by atoms with Crippen LogP contribution in [0.25, 0.3) is 6.08 Å². The lowest BCUT2D eigenvalue weighted by atomic mass is 10.1. The van der Waals surface area contributed by atoms with E-state index in [0.717, 1.165) is 24.2 Å². The smallest absolute Gasteiger partial charge is 0.266 e. The summed E-state index contributed by atoms with van der Waals surface area (Å²) in [5, 5.41) is 13.5. The predicted molar refractivity (Wildman–Crippen MR) is 131 cm³/mol. The van der Waals surface area contributed by atoms with Gasteiger partial charge in [-0.3, -0.25) is 14.5 Å². The third-order valence-electron chi connectivity index (χ3n) is 4.98. The minimum Gasteiger partial charge on any atom is -0.545 e. The minimum absolute atomic E-state index is 0.0579. The first kappa shape index (κ1) is 24.5. The van der Waals surface area contributed by atoms with Crippen LogP contribution < -0.4 is 15.2 Å². The van der Waals surface area contributed by atoms with E-state index in [2.05, 4.69) is 5.32 Å². The number of carboxylic acids is 1. The number of hydrogen-bond donors (Lipinski definition) is 1. The molecular formula is C24H23N2O5S2-. The van der Waals surface area contributed by atoms with Crippen LogP contribution in [0, 0.1) is 0 Å². The number of methoxy groups -OCH3 is 1. The fraction of sp³-hybridized carbons (Fsp3) is 0.250. The van der Waals surface area contributed by atoms with Crippen molar-refractivity contribution in [3.05, 3.63) is 64.6 Å². The fourth-order valence-corrected chi connectivity index (χ4v) is 4.50. The molecule has 1 N–H and O–H groups in total. The number of rotatable bonds is 10. The normalized spacial score (nSPS) is 14.6. The van der Waals surface area contributed by atoms with Gasteiger partial charge in [0, 0.05) is 18.7 Å². The third-order valence-corrected chi connectivity index (χ3v) is 6.35. The molecular weight excluding hydrogens is 460 g/mol. The molecule has 0 saturated carbocycles. The van der Waals surface area contributed by atoms with Crippen molar-refractivity contribution in [2.75, 3.05) is 19.0 Å². The molecule has 172 valence electrons. The Hall–Kier alpha value is -3.17. The molecule has 1 fully saturated rings. The lowest BCUT2D eigenvalue weighted by Gasteiger charge is -2.14. The Bertz CT molecular complexity index is 1070. The topological polar surface area (TPSA) is 98.8 Å². The van der Waals surface area contributed by atoms with Gasteiger partial charge >= 0.3 is 0 Å². The molecule has 0 aliphatic carbocycles. The van der Waals surface area contributed by atoms with Crippen LogP contribution in [-0.2, 0) is 9.59 Å². The summed E-state index contributed by atoms with van der Waals surface area (Å²) in [6.45, 7) is 0.511. The van der Waals surface area contributed by atoms with Crippen LogP contribution in [0.2, 0.25) is 0 Å². The van der Waals surface area contributed by atoms with Gasteiger partial charge in [-0.2, -0.15) is 0 Å². The second kappa shape index (κ2) is 11.6. The number of hydrogen-bond acceptors (Lipinski definition) is 7. The number of benzene rings is 2. The van der Waals surface area contributed by atoms with Crippen molar-refractivity contribution in [2.45, 2.75) is 25.7 Å². The zero-order valence-electron chi connectivity index (χ0n) is 18.0. The van der Waals surface area contributed by atoms with Gasteiger partial charge in [-0.25, -0.2) is 0 Å². The maximum atomic E-state index is 12.7. The number of aromatic carboxylic acids is 1.